The fourth-order valence-electron chi connectivity index (χ4n) is 3.98. The summed E-state index contributed by atoms with van der Waals surface area (Å²) in [6, 6.07) is 17.8. The van der Waals surface area contributed by atoms with Crippen LogP contribution in [0.3, 0.4) is 0 Å². The van der Waals surface area contributed by atoms with Crippen LogP contribution in [-0.4, -0.2) is 51.7 Å². The molecule has 0 fully saturated rings. The van der Waals surface area contributed by atoms with Crippen LogP contribution in [0.25, 0.3) is 10.9 Å². The van der Waals surface area contributed by atoms with Gasteiger partial charge in [-0.05, 0) is 62.2 Å². The molecule has 0 radical (unpaired) electrons. The molecule has 2 heterocycles. The minimum Gasteiger partial charge on any atom is -0.490 e. The number of amides is 2. The minimum absolute atomic E-state index is 0.0831. The zero-order valence-corrected chi connectivity index (χ0v) is 21.2. The first-order chi connectivity index (χ1) is 18.1. The molecule has 4 rings (SSSR count). The summed E-state index contributed by atoms with van der Waals surface area (Å²) in [5.74, 6) is 0.452. The van der Waals surface area contributed by atoms with E-state index in [1.165, 1.54) is 6.20 Å². The number of aliphatic hydroxyl groups is 1. The number of β-amino-alcohol motifs (C(OH)–C–C–N with tert-alkyl or cyclic N) is 1. The van der Waals surface area contributed by atoms with E-state index in [4.69, 9.17) is 20.9 Å². The van der Waals surface area contributed by atoms with Crippen LogP contribution >= 0.6 is 0 Å². The Morgan fingerprint density at radius 3 is 2.50 bits per heavy atom. The third-order valence-electron chi connectivity index (χ3n) is 5.95. The number of aromatic nitrogens is 2. The van der Waals surface area contributed by atoms with Crippen LogP contribution in [0, 0.1) is 0 Å². The third kappa shape index (κ3) is 6.87. The van der Waals surface area contributed by atoms with Gasteiger partial charge in [-0.25, -0.2) is 4.98 Å². The second kappa shape index (κ2) is 11.3. The highest BCUT2D eigenvalue weighted by atomic mass is 16.5. The van der Waals surface area contributed by atoms with Gasteiger partial charge in [0.2, 0.25) is 11.8 Å². The van der Waals surface area contributed by atoms with Crippen LogP contribution in [0.2, 0.25) is 0 Å². The van der Waals surface area contributed by atoms with Crippen molar-refractivity contribution in [2.24, 2.45) is 11.5 Å². The highest BCUT2D eigenvalue weighted by molar-refractivity contribution is 5.98. The average Bonchev–Trinajstić information content (AvgIpc) is 3.33. The SMILES string of the molecule is CC(C)(Cc1ccc(Oc2ccc(C(N)=O)cn2)cc1)NCC(O)COc1cccc2[nH]c(C(N)=O)cc12. The van der Waals surface area contributed by atoms with Crippen molar-refractivity contribution in [3.63, 3.8) is 0 Å². The number of benzene rings is 2. The van der Waals surface area contributed by atoms with Crippen LogP contribution in [0.15, 0.2) is 66.9 Å². The smallest absolute Gasteiger partial charge is 0.265 e. The molecule has 198 valence electrons. The summed E-state index contributed by atoms with van der Waals surface area (Å²) in [4.78, 5) is 29.7. The van der Waals surface area contributed by atoms with E-state index in [1.54, 1.807) is 30.3 Å². The summed E-state index contributed by atoms with van der Waals surface area (Å²) in [5.41, 5.74) is 12.7. The summed E-state index contributed by atoms with van der Waals surface area (Å²) in [6.07, 6.45) is 1.34. The Bertz CT molecular complexity index is 1410. The molecule has 0 spiro atoms. The molecule has 1 atom stereocenters. The lowest BCUT2D eigenvalue weighted by molar-refractivity contribution is 0.0989. The number of rotatable bonds is 12. The quantitative estimate of drug-likeness (QED) is 0.193. The Labute approximate surface area is 220 Å². The van der Waals surface area contributed by atoms with E-state index in [-0.39, 0.29) is 12.1 Å². The van der Waals surface area contributed by atoms with Gasteiger partial charge < -0.3 is 36.3 Å². The molecule has 2 aromatic carbocycles. The van der Waals surface area contributed by atoms with Crippen LogP contribution in [-0.2, 0) is 6.42 Å². The number of nitrogens with one attached hydrogen (secondary N) is 2. The molecule has 4 aromatic rings. The van der Waals surface area contributed by atoms with Crippen molar-refractivity contribution < 1.29 is 24.2 Å². The Morgan fingerprint density at radius 1 is 1.08 bits per heavy atom. The van der Waals surface area contributed by atoms with Crippen LogP contribution < -0.4 is 26.3 Å². The van der Waals surface area contributed by atoms with Gasteiger partial charge in [0.25, 0.3) is 5.91 Å². The lowest BCUT2D eigenvalue weighted by atomic mass is 9.94. The second-order valence-electron chi connectivity index (χ2n) is 9.67. The zero-order valence-electron chi connectivity index (χ0n) is 21.2. The standard InChI is InChI=1S/C28H31N5O5/c1-28(2,13-17-6-9-20(10-7-17)38-25-11-8-18(14-31-25)26(29)35)32-15-19(34)16-37-24-5-3-4-22-21(24)12-23(33-22)27(30)36/h3-12,14,19,32-34H,13,15-16H2,1-2H3,(H2,29,35)(H2,30,36). The lowest BCUT2D eigenvalue weighted by Crippen LogP contribution is -2.46. The van der Waals surface area contributed by atoms with Gasteiger partial charge in [-0.15, -0.1) is 0 Å². The van der Waals surface area contributed by atoms with Crippen molar-refractivity contribution in [1.82, 2.24) is 15.3 Å². The summed E-state index contributed by atoms with van der Waals surface area (Å²) < 4.78 is 11.6. The maximum absolute atomic E-state index is 11.5. The first-order valence-corrected chi connectivity index (χ1v) is 12.1. The number of pyridine rings is 1. The number of fused-ring (bicyclic) bond motifs is 1. The maximum atomic E-state index is 11.5. The number of nitrogens with two attached hydrogens (primary N) is 2. The highest BCUT2D eigenvalue weighted by Gasteiger charge is 2.20. The Morgan fingerprint density at radius 2 is 1.84 bits per heavy atom. The summed E-state index contributed by atoms with van der Waals surface area (Å²) in [6.45, 7) is 4.53. The molecule has 0 aliphatic rings. The van der Waals surface area contributed by atoms with E-state index in [0.29, 0.717) is 41.6 Å². The van der Waals surface area contributed by atoms with Gasteiger partial charge in [0.05, 0.1) is 5.56 Å². The van der Waals surface area contributed by atoms with Crippen molar-refractivity contribution in [3.8, 4) is 17.4 Å². The molecule has 7 N–H and O–H groups in total. The van der Waals surface area contributed by atoms with E-state index < -0.39 is 17.9 Å². The molecule has 0 saturated carbocycles. The van der Waals surface area contributed by atoms with Crippen molar-refractivity contribution in [1.29, 1.82) is 0 Å². The molecular weight excluding hydrogens is 486 g/mol. The van der Waals surface area contributed by atoms with Crippen molar-refractivity contribution in [3.05, 3.63) is 83.7 Å². The molecule has 0 saturated heterocycles. The van der Waals surface area contributed by atoms with Gasteiger partial charge in [0.1, 0.15) is 29.9 Å². The number of primary amides is 2. The molecule has 0 bridgehead atoms. The van der Waals surface area contributed by atoms with E-state index in [0.717, 1.165) is 16.5 Å². The van der Waals surface area contributed by atoms with Gasteiger partial charge in [-0.3, -0.25) is 9.59 Å². The number of hydrogen-bond donors (Lipinski definition) is 5. The first-order valence-electron chi connectivity index (χ1n) is 12.1. The number of carbonyl (C=O) groups excluding carboxylic acids is 2. The molecule has 0 aliphatic carbocycles. The van der Waals surface area contributed by atoms with Crippen LogP contribution in [0.1, 0.15) is 40.3 Å². The maximum Gasteiger partial charge on any atom is 0.265 e. The van der Waals surface area contributed by atoms with Gasteiger partial charge >= 0.3 is 0 Å². The third-order valence-corrected chi connectivity index (χ3v) is 5.95. The Kier molecular flexibility index (Phi) is 7.94. The average molecular weight is 518 g/mol. The highest BCUT2D eigenvalue weighted by Crippen LogP contribution is 2.26. The van der Waals surface area contributed by atoms with Crippen molar-refractivity contribution >= 4 is 22.7 Å². The number of aliphatic hydroxyl groups excluding tert-OH is 1. The number of H-pyrrole nitrogens is 1. The van der Waals surface area contributed by atoms with Crippen LogP contribution in [0.5, 0.6) is 17.4 Å². The lowest BCUT2D eigenvalue weighted by Gasteiger charge is -2.28. The largest absolute Gasteiger partial charge is 0.490 e. The molecule has 0 aliphatic heterocycles. The molecule has 1 unspecified atom stereocenters. The van der Waals surface area contributed by atoms with E-state index in [2.05, 4.69) is 29.1 Å². The van der Waals surface area contributed by atoms with Gasteiger partial charge in [-0.2, -0.15) is 0 Å². The minimum atomic E-state index is -0.747. The zero-order chi connectivity index (χ0) is 27.3. The van der Waals surface area contributed by atoms with Gasteiger partial charge in [0, 0.05) is 35.2 Å². The van der Waals surface area contributed by atoms with E-state index in [1.807, 2.05) is 30.3 Å². The van der Waals surface area contributed by atoms with E-state index in [9.17, 15) is 14.7 Å². The summed E-state index contributed by atoms with van der Waals surface area (Å²) >= 11 is 0. The normalized spacial score (nSPS) is 12.3. The fourth-order valence-corrected chi connectivity index (χ4v) is 3.98. The Hall–Kier alpha value is -4.41. The monoisotopic (exact) mass is 517 g/mol. The number of hydrogen-bond acceptors (Lipinski definition) is 7. The summed E-state index contributed by atoms with van der Waals surface area (Å²) in [5, 5.41) is 14.6. The topological polar surface area (TPSA) is 166 Å². The molecule has 10 heteroatoms. The molecular formula is C28H31N5O5. The fraction of sp³-hybridized carbons (Fsp3) is 0.250. The number of nitrogens with zero attached hydrogens (tertiary/aromatic N) is 1. The summed E-state index contributed by atoms with van der Waals surface area (Å²) in [7, 11) is 0. The number of carbonyl (C=O) groups is 2. The number of ether oxygens (including phenoxy) is 2. The van der Waals surface area contributed by atoms with Gasteiger partial charge in [0.15, 0.2) is 0 Å². The Balaban J connectivity index is 1.26. The second-order valence-corrected chi connectivity index (χ2v) is 9.67. The van der Waals surface area contributed by atoms with Crippen LogP contribution in [0.4, 0.5) is 0 Å². The molecule has 2 aromatic heterocycles. The molecule has 38 heavy (non-hydrogen) atoms. The van der Waals surface area contributed by atoms with Gasteiger partial charge in [-0.1, -0.05) is 18.2 Å². The number of aromatic amines is 1. The predicted molar refractivity (Wildman–Crippen MR) is 143 cm³/mol. The molecule has 10 nitrogen and oxygen atoms in total. The molecule has 2 amide bonds. The van der Waals surface area contributed by atoms with Crippen molar-refractivity contribution in [2.75, 3.05) is 13.2 Å². The van der Waals surface area contributed by atoms with E-state index >= 15 is 0 Å². The first kappa shape index (κ1) is 26.6. The van der Waals surface area contributed by atoms with Crippen molar-refractivity contribution in [2.45, 2.75) is 31.9 Å². The predicted octanol–water partition coefficient (Wildman–Crippen LogP) is 2.90.